The van der Waals surface area contributed by atoms with Gasteiger partial charge in [-0.05, 0) is 37.6 Å². The number of hydrogen-bond donors (Lipinski definition) is 2. The first-order chi connectivity index (χ1) is 9.08. The highest BCUT2D eigenvalue weighted by Gasteiger charge is 2.08. The molecule has 19 heavy (non-hydrogen) atoms. The van der Waals surface area contributed by atoms with Gasteiger partial charge in [-0.1, -0.05) is 12.1 Å². The van der Waals surface area contributed by atoms with Crippen LogP contribution in [-0.2, 0) is 0 Å². The first-order valence-corrected chi connectivity index (χ1v) is 5.96. The SMILES string of the molecule is Cc1cc(C#N)nc(NC(C)c2ccc(N)cc2)n1. The first-order valence-electron chi connectivity index (χ1n) is 5.96. The number of nitrogen functional groups attached to an aromatic ring is 1. The van der Waals surface area contributed by atoms with E-state index in [1.165, 1.54) is 0 Å². The van der Waals surface area contributed by atoms with E-state index in [4.69, 9.17) is 11.0 Å². The summed E-state index contributed by atoms with van der Waals surface area (Å²) in [7, 11) is 0. The van der Waals surface area contributed by atoms with Gasteiger partial charge in [-0.2, -0.15) is 5.26 Å². The summed E-state index contributed by atoms with van der Waals surface area (Å²) in [4.78, 5) is 8.39. The zero-order valence-corrected chi connectivity index (χ0v) is 10.9. The van der Waals surface area contributed by atoms with E-state index in [0.29, 0.717) is 11.6 Å². The molecule has 0 saturated heterocycles. The number of nitrogens with zero attached hydrogens (tertiary/aromatic N) is 3. The number of aromatic nitrogens is 2. The Morgan fingerprint density at radius 1 is 1.26 bits per heavy atom. The molecular formula is C14H15N5. The Morgan fingerprint density at radius 3 is 2.58 bits per heavy atom. The van der Waals surface area contributed by atoms with Crippen LogP contribution in [0, 0.1) is 18.3 Å². The summed E-state index contributed by atoms with van der Waals surface area (Å²) in [6.45, 7) is 3.84. The Hall–Kier alpha value is -2.61. The van der Waals surface area contributed by atoms with Gasteiger partial charge in [0.05, 0.1) is 6.04 Å². The van der Waals surface area contributed by atoms with Crippen molar-refractivity contribution in [2.24, 2.45) is 0 Å². The topological polar surface area (TPSA) is 87.6 Å². The maximum atomic E-state index is 8.89. The largest absolute Gasteiger partial charge is 0.399 e. The fraction of sp³-hybridized carbons (Fsp3) is 0.214. The number of nitrogens with one attached hydrogen (secondary N) is 1. The molecule has 5 heteroatoms. The third kappa shape index (κ3) is 3.19. The lowest BCUT2D eigenvalue weighted by molar-refractivity contribution is 0.855. The predicted octanol–water partition coefficient (Wildman–Crippen LogP) is 2.41. The third-order valence-electron chi connectivity index (χ3n) is 2.75. The first kappa shape index (κ1) is 12.8. The van der Waals surface area contributed by atoms with Crippen LogP contribution in [0.3, 0.4) is 0 Å². The van der Waals surface area contributed by atoms with Crippen molar-refractivity contribution in [3.8, 4) is 6.07 Å². The summed E-state index contributed by atoms with van der Waals surface area (Å²) in [6, 6.07) is 11.3. The molecule has 5 nitrogen and oxygen atoms in total. The number of hydrogen-bond acceptors (Lipinski definition) is 5. The van der Waals surface area contributed by atoms with Crippen LogP contribution in [0.25, 0.3) is 0 Å². The van der Waals surface area contributed by atoms with E-state index >= 15 is 0 Å². The molecule has 0 aliphatic heterocycles. The summed E-state index contributed by atoms with van der Waals surface area (Å²) in [5.74, 6) is 0.459. The number of nitrogens with two attached hydrogens (primary N) is 1. The molecule has 2 rings (SSSR count). The lowest BCUT2D eigenvalue weighted by Crippen LogP contribution is -2.10. The Kier molecular flexibility index (Phi) is 3.62. The number of nitriles is 1. The molecule has 0 saturated carbocycles. The van der Waals surface area contributed by atoms with Gasteiger partial charge in [-0.25, -0.2) is 9.97 Å². The number of aryl methyl sites for hydroxylation is 1. The van der Waals surface area contributed by atoms with Crippen molar-refractivity contribution in [2.75, 3.05) is 11.1 Å². The Bertz CT molecular complexity index is 613. The van der Waals surface area contributed by atoms with E-state index in [9.17, 15) is 0 Å². The van der Waals surface area contributed by atoms with Crippen LogP contribution in [-0.4, -0.2) is 9.97 Å². The maximum absolute atomic E-state index is 8.89. The van der Waals surface area contributed by atoms with E-state index in [1.54, 1.807) is 6.07 Å². The van der Waals surface area contributed by atoms with E-state index in [1.807, 2.05) is 44.2 Å². The van der Waals surface area contributed by atoms with Gasteiger partial charge in [0, 0.05) is 11.4 Å². The molecule has 0 bridgehead atoms. The van der Waals surface area contributed by atoms with Crippen molar-refractivity contribution in [3.05, 3.63) is 47.3 Å². The van der Waals surface area contributed by atoms with Gasteiger partial charge in [0.2, 0.25) is 5.95 Å². The van der Waals surface area contributed by atoms with Crippen LogP contribution in [0.4, 0.5) is 11.6 Å². The van der Waals surface area contributed by atoms with Crippen LogP contribution in [0.1, 0.15) is 29.9 Å². The number of rotatable bonds is 3. The minimum Gasteiger partial charge on any atom is -0.399 e. The summed E-state index contributed by atoms with van der Waals surface area (Å²) in [6.07, 6.45) is 0. The van der Waals surface area contributed by atoms with Crippen molar-refractivity contribution in [1.82, 2.24) is 9.97 Å². The van der Waals surface area contributed by atoms with Crippen LogP contribution in [0.5, 0.6) is 0 Å². The van der Waals surface area contributed by atoms with Crippen LogP contribution in [0.15, 0.2) is 30.3 Å². The van der Waals surface area contributed by atoms with Crippen molar-refractivity contribution in [3.63, 3.8) is 0 Å². The second-order valence-corrected chi connectivity index (χ2v) is 4.36. The minimum absolute atomic E-state index is 0.0361. The Balaban J connectivity index is 2.19. The van der Waals surface area contributed by atoms with Gasteiger partial charge in [0.25, 0.3) is 0 Å². The average molecular weight is 253 g/mol. The number of anilines is 2. The van der Waals surface area contributed by atoms with Crippen molar-refractivity contribution < 1.29 is 0 Å². The third-order valence-corrected chi connectivity index (χ3v) is 2.75. The molecule has 0 fully saturated rings. The van der Waals surface area contributed by atoms with Gasteiger partial charge in [0.15, 0.2) is 0 Å². The predicted molar refractivity (Wildman–Crippen MR) is 74.4 cm³/mol. The molecule has 1 atom stereocenters. The number of benzene rings is 1. The molecule has 1 aromatic carbocycles. The molecule has 0 aliphatic carbocycles. The standard InChI is InChI=1S/C14H15N5/c1-9-7-13(8-15)19-14(17-9)18-10(2)11-3-5-12(16)6-4-11/h3-7,10H,16H2,1-2H3,(H,17,18,19). The lowest BCUT2D eigenvalue weighted by atomic mass is 10.1. The molecule has 0 aliphatic rings. The van der Waals surface area contributed by atoms with Crippen molar-refractivity contribution >= 4 is 11.6 Å². The maximum Gasteiger partial charge on any atom is 0.224 e. The van der Waals surface area contributed by atoms with E-state index in [0.717, 1.165) is 16.9 Å². The van der Waals surface area contributed by atoms with E-state index in [-0.39, 0.29) is 6.04 Å². The highest BCUT2D eigenvalue weighted by atomic mass is 15.1. The lowest BCUT2D eigenvalue weighted by Gasteiger charge is -2.14. The van der Waals surface area contributed by atoms with Crippen molar-refractivity contribution in [2.45, 2.75) is 19.9 Å². The highest BCUT2D eigenvalue weighted by molar-refractivity contribution is 5.42. The molecule has 2 aromatic rings. The summed E-state index contributed by atoms with van der Waals surface area (Å²) >= 11 is 0. The molecule has 1 unspecified atom stereocenters. The second-order valence-electron chi connectivity index (χ2n) is 4.36. The van der Waals surface area contributed by atoms with Gasteiger partial charge in [-0.3, -0.25) is 0 Å². The van der Waals surface area contributed by atoms with Crippen molar-refractivity contribution in [1.29, 1.82) is 5.26 Å². The summed E-state index contributed by atoms with van der Waals surface area (Å²) in [5, 5.41) is 12.1. The van der Waals surface area contributed by atoms with Gasteiger partial charge < -0.3 is 11.1 Å². The molecule has 3 N–H and O–H groups in total. The molecule has 96 valence electrons. The van der Waals surface area contributed by atoms with Crippen LogP contribution < -0.4 is 11.1 Å². The fourth-order valence-electron chi connectivity index (χ4n) is 1.75. The minimum atomic E-state index is 0.0361. The van der Waals surface area contributed by atoms with Gasteiger partial charge >= 0.3 is 0 Å². The Morgan fingerprint density at radius 2 is 1.95 bits per heavy atom. The van der Waals surface area contributed by atoms with Gasteiger partial charge in [0.1, 0.15) is 11.8 Å². The second kappa shape index (κ2) is 5.36. The van der Waals surface area contributed by atoms with Crippen LogP contribution in [0.2, 0.25) is 0 Å². The van der Waals surface area contributed by atoms with Gasteiger partial charge in [-0.15, -0.1) is 0 Å². The van der Waals surface area contributed by atoms with Crippen LogP contribution >= 0.6 is 0 Å². The monoisotopic (exact) mass is 253 g/mol. The molecular weight excluding hydrogens is 238 g/mol. The fourth-order valence-corrected chi connectivity index (χ4v) is 1.75. The molecule has 0 radical (unpaired) electrons. The smallest absolute Gasteiger partial charge is 0.224 e. The molecule has 1 heterocycles. The zero-order chi connectivity index (χ0) is 13.8. The Labute approximate surface area is 112 Å². The average Bonchev–Trinajstić information content (AvgIpc) is 2.38. The summed E-state index contributed by atoms with van der Waals surface area (Å²) < 4.78 is 0. The quantitative estimate of drug-likeness (QED) is 0.820. The van der Waals surface area contributed by atoms with E-state index < -0.39 is 0 Å². The highest BCUT2D eigenvalue weighted by Crippen LogP contribution is 2.18. The molecule has 0 spiro atoms. The summed E-state index contributed by atoms with van der Waals surface area (Å²) in [5.41, 5.74) is 8.59. The normalized spacial score (nSPS) is 11.6. The molecule has 1 aromatic heterocycles. The zero-order valence-electron chi connectivity index (χ0n) is 10.9. The van der Waals surface area contributed by atoms with E-state index in [2.05, 4.69) is 15.3 Å². The molecule has 0 amide bonds.